The Hall–Kier alpha value is -1.22. The number of nitrogens with one attached hydrogen (secondary N) is 1. The average Bonchev–Trinajstić information content (AvgIpc) is 2.34. The lowest BCUT2D eigenvalue weighted by Crippen LogP contribution is -2.25. The summed E-state index contributed by atoms with van der Waals surface area (Å²) in [6.07, 6.45) is 0.924. The Morgan fingerprint density at radius 1 is 1.37 bits per heavy atom. The minimum absolute atomic E-state index is 0.0285. The lowest BCUT2D eigenvalue weighted by Gasteiger charge is -2.07. The van der Waals surface area contributed by atoms with Crippen molar-refractivity contribution in [1.29, 1.82) is 0 Å². The second-order valence-electron chi connectivity index (χ2n) is 3.70. The molecule has 9 heteroatoms. The first-order valence-electron chi connectivity index (χ1n) is 5.43. The Balaban J connectivity index is 2.94. The van der Waals surface area contributed by atoms with Gasteiger partial charge in [-0.15, -0.1) is 0 Å². The lowest BCUT2D eigenvalue weighted by atomic mass is 10.3. The van der Waals surface area contributed by atoms with Crippen molar-refractivity contribution < 1.29 is 18.4 Å². The number of hydrogen-bond donors (Lipinski definition) is 2. The van der Waals surface area contributed by atoms with E-state index in [-0.39, 0.29) is 28.8 Å². The van der Waals surface area contributed by atoms with Crippen LogP contribution in [0.4, 0.5) is 5.69 Å². The Morgan fingerprint density at radius 3 is 2.63 bits per heavy atom. The third-order valence-electron chi connectivity index (χ3n) is 2.29. The van der Waals surface area contributed by atoms with Gasteiger partial charge in [0.25, 0.3) is 5.69 Å². The number of nitro groups is 1. The Morgan fingerprint density at radius 2 is 2.05 bits per heavy atom. The minimum Gasteiger partial charge on any atom is -0.396 e. The van der Waals surface area contributed by atoms with Crippen molar-refractivity contribution in [2.24, 2.45) is 0 Å². The summed E-state index contributed by atoms with van der Waals surface area (Å²) in [5.74, 6) is 0. The molecule has 0 aliphatic rings. The van der Waals surface area contributed by atoms with Crippen molar-refractivity contribution in [3.63, 3.8) is 0 Å². The van der Waals surface area contributed by atoms with Crippen LogP contribution in [0, 0.1) is 10.1 Å². The number of sulfonamides is 1. The highest BCUT2D eigenvalue weighted by Crippen LogP contribution is 2.25. The molecule has 0 unspecified atom stereocenters. The zero-order valence-electron chi connectivity index (χ0n) is 9.87. The van der Waals surface area contributed by atoms with Gasteiger partial charge in [0.05, 0.1) is 9.95 Å². The van der Waals surface area contributed by atoms with Crippen LogP contribution in [0.3, 0.4) is 0 Å². The van der Waals surface area contributed by atoms with E-state index < -0.39 is 14.9 Å². The quantitative estimate of drug-likeness (QED) is 0.448. The van der Waals surface area contributed by atoms with Gasteiger partial charge in [-0.2, -0.15) is 0 Å². The largest absolute Gasteiger partial charge is 0.396 e. The Labute approximate surface area is 115 Å². The molecule has 19 heavy (non-hydrogen) atoms. The van der Waals surface area contributed by atoms with Crippen molar-refractivity contribution in [2.45, 2.75) is 17.7 Å². The van der Waals surface area contributed by atoms with Crippen LogP contribution >= 0.6 is 11.6 Å². The summed E-state index contributed by atoms with van der Waals surface area (Å²) in [7, 11) is -3.90. The summed E-state index contributed by atoms with van der Waals surface area (Å²) < 4.78 is 26.1. The monoisotopic (exact) mass is 308 g/mol. The molecule has 0 heterocycles. The molecule has 0 aliphatic heterocycles. The van der Waals surface area contributed by atoms with Gasteiger partial charge >= 0.3 is 0 Å². The van der Waals surface area contributed by atoms with E-state index in [4.69, 9.17) is 16.7 Å². The molecule has 0 aliphatic carbocycles. The number of nitrogens with zero attached hydrogens (tertiary/aromatic N) is 1. The summed E-state index contributed by atoms with van der Waals surface area (Å²) in [6.45, 7) is 0.0984. The molecule has 0 radical (unpaired) electrons. The smallest absolute Gasteiger partial charge is 0.270 e. The Kier molecular flexibility index (Phi) is 5.67. The number of nitro benzene ring substituents is 1. The molecule has 0 aromatic heterocycles. The topological polar surface area (TPSA) is 110 Å². The lowest BCUT2D eigenvalue weighted by molar-refractivity contribution is -0.385. The molecule has 106 valence electrons. The molecule has 0 amide bonds. The van der Waals surface area contributed by atoms with Gasteiger partial charge in [-0.05, 0) is 18.9 Å². The van der Waals surface area contributed by atoms with Crippen LogP contribution in [0.5, 0.6) is 0 Å². The number of aliphatic hydroxyl groups excluding tert-OH is 1. The molecular formula is C10H13ClN2O5S. The summed E-state index contributed by atoms with van der Waals surface area (Å²) in [5.41, 5.74) is -0.347. The predicted molar refractivity (Wildman–Crippen MR) is 69.6 cm³/mol. The van der Waals surface area contributed by atoms with Crippen molar-refractivity contribution in [3.05, 3.63) is 33.3 Å². The Bertz CT molecular complexity index is 561. The number of halogens is 1. The fourth-order valence-corrected chi connectivity index (χ4v) is 2.92. The van der Waals surface area contributed by atoms with Gasteiger partial charge < -0.3 is 5.11 Å². The van der Waals surface area contributed by atoms with Gasteiger partial charge in [0, 0.05) is 25.3 Å². The molecule has 0 atom stereocenters. The number of hydrogen-bond acceptors (Lipinski definition) is 5. The third-order valence-corrected chi connectivity index (χ3v) is 4.23. The van der Waals surface area contributed by atoms with Crippen LogP contribution in [0.15, 0.2) is 23.1 Å². The first-order chi connectivity index (χ1) is 8.88. The molecule has 0 fully saturated rings. The molecule has 2 N–H and O–H groups in total. The number of benzene rings is 1. The van der Waals surface area contributed by atoms with Crippen LogP contribution in [0.25, 0.3) is 0 Å². The van der Waals surface area contributed by atoms with Crippen LogP contribution in [0.1, 0.15) is 12.8 Å². The summed E-state index contributed by atoms with van der Waals surface area (Å²) in [5, 5.41) is 19.1. The summed E-state index contributed by atoms with van der Waals surface area (Å²) in [4.78, 5) is 9.59. The number of aliphatic hydroxyl groups is 1. The van der Waals surface area contributed by atoms with E-state index in [2.05, 4.69) is 4.72 Å². The second-order valence-corrected chi connectivity index (χ2v) is 5.84. The van der Waals surface area contributed by atoms with Crippen molar-refractivity contribution in [2.75, 3.05) is 13.2 Å². The van der Waals surface area contributed by atoms with E-state index in [0.29, 0.717) is 12.8 Å². The van der Waals surface area contributed by atoms with Gasteiger partial charge in [0.15, 0.2) is 0 Å². The number of non-ortho nitro benzene ring substituents is 1. The first-order valence-corrected chi connectivity index (χ1v) is 7.29. The van der Waals surface area contributed by atoms with Gasteiger partial charge in [-0.1, -0.05) is 11.6 Å². The normalized spacial score (nSPS) is 11.5. The van der Waals surface area contributed by atoms with Crippen molar-refractivity contribution in [1.82, 2.24) is 4.72 Å². The molecule has 1 aromatic carbocycles. The van der Waals surface area contributed by atoms with E-state index in [1.807, 2.05) is 0 Å². The summed E-state index contributed by atoms with van der Waals surface area (Å²) in [6, 6.07) is 3.21. The molecule has 0 saturated carbocycles. The maximum Gasteiger partial charge on any atom is 0.270 e. The first kappa shape index (κ1) is 15.8. The molecule has 0 spiro atoms. The number of rotatable bonds is 7. The molecular weight excluding hydrogens is 296 g/mol. The van der Waals surface area contributed by atoms with Gasteiger partial charge in [0.1, 0.15) is 4.90 Å². The highest BCUT2D eigenvalue weighted by Gasteiger charge is 2.20. The van der Waals surface area contributed by atoms with Crippen LogP contribution in [0.2, 0.25) is 5.02 Å². The zero-order chi connectivity index (χ0) is 14.5. The maximum absolute atomic E-state index is 11.9. The molecule has 0 saturated heterocycles. The highest BCUT2D eigenvalue weighted by atomic mass is 35.5. The summed E-state index contributed by atoms with van der Waals surface area (Å²) >= 11 is 5.74. The van der Waals surface area contributed by atoms with Crippen LogP contribution < -0.4 is 4.72 Å². The highest BCUT2D eigenvalue weighted by molar-refractivity contribution is 7.89. The second kappa shape index (κ2) is 6.80. The van der Waals surface area contributed by atoms with Gasteiger partial charge in [-0.25, -0.2) is 13.1 Å². The fourth-order valence-electron chi connectivity index (χ4n) is 1.33. The van der Waals surface area contributed by atoms with E-state index in [9.17, 15) is 18.5 Å². The molecule has 7 nitrogen and oxygen atoms in total. The fraction of sp³-hybridized carbons (Fsp3) is 0.400. The molecule has 0 bridgehead atoms. The van der Waals surface area contributed by atoms with E-state index in [1.165, 1.54) is 6.07 Å². The maximum atomic E-state index is 11.9. The SMILES string of the molecule is O=[N+]([O-])c1ccc(Cl)c(S(=O)(=O)NCCCCO)c1. The van der Waals surface area contributed by atoms with Gasteiger partial charge in [-0.3, -0.25) is 10.1 Å². The minimum atomic E-state index is -3.90. The number of unbranched alkanes of at least 4 members (excludes halogenated alkanes) is 1. The van der Waals surface area contributed by atoms with E-state index >= 15 is 0 Å². The predicted octanol–water partition coefficient (Wildman–Crippen LogP) is 1.30. The zero-order valence-corrected chi connectivity index (χ0v) is 11.4. The third kappa shape index (κ3) is 4.43. The van der Waals surface area contributed by atoms with E-state index in [0.717, 1.165) is 12.1 Å². The van der Waals surface area contributed by atoms with E-state index in [1.54, 1.807) is 0 Å². The average molecular weight is 309 g/mol. The standard InChI is InChI=1S/C10H13ClN2O5S/c11-9-4-3-8(13(15)16)7-10(9)19(17,18)12-5-1-2-6-14/h3-4,7,12,14H,1-2,5-6H2. The van der Waals surface area contributed by atoms with Crippen LogP contribution in [-0.2, 0) is 10.0 Å². The molecule has 1 rings (SSSR count). The molecule has 1 aromatic rings. The van der Waals surface area contributed by atoms with Gasteiger partial charge in [0.2, 0.25) is 10.0 Å². The van der Waals surface area contributed by atoms with Crippen LogP contribution in [-0.4, -0.2) is 31.6 Å². The van der Waals surface area contributed by atoms with Crippen molar-refractivity contribution in [3.8, 4) is 0 Å². The van der Waals surface area contributed by atoms with Crippen molar-refractivity contribution >= 4 is 27.3 Å².